The van der Waals surface area contributed by atoms with E-state index in [4.69, 9.17) is 0 Å². The highest BCUT2D eigenvalue weighted by Crippen LogP contribution is 2.21. The summed E-state index contributed by atoms with van der Waals surface area (Å²) < 4.78 is 25.9. The first-order valence-electron chi connectivity index (χ1n) is 6.19. The summed E-state index contributed by atoms with van der Waals surface area (Å²) in [7, 11) is 0. The van der Waals surface area contributed by atoms with E-state index in [1.54, 1.807) is 6.07 Å². The summed E-state index contributed by atoms with van der Waals surface area (Å²) in [6, 6.07) is 4.56. The zero-order valence-electron chi connectivity index (χ0n) is 10.2. The van der Waals surface area contributed by atoms with E-state index < -0.39 is 11.6 Å². The molecule has 1 aromatic heterocycles. The van der Waals surface area contributed by atoms with Crippen LogP contribution < -0.4 is 5.32 Å². The van der Waals surface area contributed by atoms with Gasteiger partial charge in [0.2, 0.25) is 0 Å². The molecule has 0 saturated heterocycles. The highest BCUT2D eigenvalue weighted by atomic mass is 32.1. The van der Waals surface area contributed by atoms with Gasteiger partial charge in [0.1, 0.15) is 10.0 Å². The zero-order chi connectivity index (χ0) is 13.2. The monoisotopic (exact) mass is 281 g/mol. The Balaban J connectivity index is 1.63. The van der Waals surface area contributed by atoms with Crippen molar-refractivity contribution >= 4 is 11.3 Å². The van der Waals surface area contributed by atoms with Crippen molar-refractivity contribution in [3.05, 3.63) is 45.4 Å². The van der Waals surface area contributed by atoms with Crippen molar-refractivity contribution in [1.29, 1.82) is 0 Å². The SMILES string of the molecule is Fc1ccc(Cc2nnc(CNC3CC3)s2)cc1F. The lowest BCUT2D eigenvalue weighted by Crippen LogP contribution is -2.14. The van der Waals surface area contributed by atoms with Crippen LogP contribution in [0, 0.1) is 11.6 Å². The number of nitrogens with zero attached hydrogens (tertiary/aromatic N) is 2. The number of hydrogen-bond donors (Lipinski definition) is 1. The van der Waals surface area contributed by atoms with Crippen molar-refractivity contribution in [2.75, 3.05) is 0 Å². The minimum absolute atomic E-state index is 0.484. The Bertz CT molecular complexity index is 581. The lowest BCUT2D eigenvalue weighted by molar-refractivity contribution is 0.507. The molecule has 0 aliphatic heterocycles. The molecule has 2 aromatic rings. The van der Waals surface area contributed by atoms with Crippen LogP contribution in [0.3, 0.4) is 0 Å². The van der Waals surface area contributed by atoms with Crippen molar-refractivity contribution in [2.24, 2.45) is 0 Å². The minimum Gasteiger partial charge on any atom is -0.308 e. The number of halogens is 2. The van der Waals surface area contributed by atoms with Gasteiger partial charge in [0.05, 0.1) is 0 Å². The summed E-state index contributed by atoms with van der Waals surface area (Å²) in [6.07, 6.45) is 2.96. The lowest BCUT2D eigenvalue weighted by atomic mass is 10.1. The van der Waals surface area contributed by atoms with E-state index in [9.17, 15) is 8.78 Å². The van der Waals surface area contributed by atoms with E-state index in [1.807, 2.05) is 0 Å². The van der Waals surface area contributed by atoms with Gasteiger partial charge in [-0.25, -0.2) is 8.78 Å². The molecule has 0 atom stereocenters. The third-order valence-electron chi connectivity index (χ3n) is 2.97. The molecule has 1 fully saturated rings. The van der Waals surface area contributed by atoms with Crippen LogP contribution in [0.25, 0.3) is 0 Å². The predicted molar refractivity (Wildman–Crippen MR) is 68.9 cm³/mol. The van der Waals surface area contributed by atoms with Crippen molar-refractivity contribution in [3.63, 3.8) is 0 Å². The van der Waals surface area contributed by atoms with Gasteiger partial charge in [-0.3, -0.25) is 0 Å². The van der Waals surface area contributed by atoms with E-state index in [0.29, 0.717) is 18.0 Å². The van der Waals surface area contributed by atoms with Crippen LogP contribution in [-0.4, -0.2) is 16.2 Å². The molecule has 0 amide bonds. The molecule has 19 heavy (non-hydrogen) atoms. The maximum Gasteiger partial charge on any atom is 0.159 e. The number of rotatable bonds is 5. The topological polar surface area (TPSA) is 37.8 Å². The molecule has 0 bridgehead atoms. The van der Waals surface area contributed by atoms with Crippen LogP contribution in [0.1, 0.15) is 28.4 Å². The van der Waals surface area contributed by atoms with Crippen molar-refractivity contribution in [3.8, 4) is 0 Å². The second-order valence-corrected chi connectivity index (χ2v) is 5.82. The molecule has 0 radical (unpaired) electrons. The molecule has 100 valence electrons. The fourth-order valence-corrected chi connectivity index (χ4v) is 2.60. The average Bonchev–Trinajstić information content (AvgIpc) is 3.12. The Morgan fingerprint density at radius 1 is 1.16 bits per heavy atom. The first-order valence-corrected chi connectivity index (χ1v) is 7.01. The average molecular weight is 281 g/mol. The fourth-order valence-electron chi connectivity index (χ4n) is 1.77. The second-order valence-electron chi connectivity index (χ2n) is 4.67. The third-order valence-corrected chi connectivity index (χ3v) is 3.89. The molecule has 1 saturated carbocycles. The quantitative estimate of drug-likeness (QED) is 0.915. The Labute approximate surface area is 113 Å². The normalized spacial score (nSPS) is 14.8. The molecule has 3 rings (SSSR count). The van der Waals surface area contributed by atoms with Crippen LogP contribution >= 0.6 is 11.3 Å². The number of aromatic nitrogens is 2. The first-order chi connectivity index (χ1) is 9.20. The van der Waals surface area contributed by atoms with Gasteiger partial charge in [0.25, 0.3) is 0 Å². The number of benzene rings is 1. The standard InChI is InChI=1S/C13H13F2N3S/c14-10-4-1-8(5-11(10)15)6-12-17-18-13(19-12)7-16-9-2-3-9/h1,4-5,9,16H,2-3,6-7H2. The molecule has 0 unspecified atom stereocenters. The van der Waals surface area contributed by atoms with E-state index in [-0.39, 0.29) is 0 Å². The summed E-state index contributed by atoms with van der Waals surface area (Å²) in [5.74, 6) is -1.65. The van der Waals surface area contributed by atoms with Gasteiger partial charge in [0.15, 0.2) is 11.6 Å². The zero-order valence-corrected chi connectivity index (χ0v) is 11.0. The highest BCUT2D eigenvalue weighted by Gasteiger charge is 2.20. The molecule has 6 heteroatoms. The van der Waals surface area contributed by atoms with Gasteiger partial charge in [0, 0.05) is 19.0 Å². The van der Waals surface area contributed by atoms with Gasteiger partial charge >= 0.3 is 0 Å². The molecule has 1 heterocycles. The number of nitrogens with one attached hydrogen (secondary N) is 1. The molecule has 1 N–H and O–H groups in total. The Morgan fingerprint density at radius 3 is 2.68 bits per heavy atom. The van der Waals surface area contributed by atoms with Gasteiger partial charge in [-0.15, -0.1) is 10.2 Å². The summed E-state index contributed by atoms with van der Waals surface area (Å²) in [6.45, 7) is 0.736. The maximum absolute atomic E-state index is 13.1. The van der Waals surface area contributed by atoms with Crippen LogP contribution in [0.2, 0.25) is 0 Å². The minimum atomic E-state index is -0.824. The van der Waals surface area contributed by atoms with Gasteiger partial charge in [-0.1, -0.05) is 17.4 Å². The van der Waals surface area contributed by atoms with Crippen LogP contribution in [0.15, 0.2) is 18.2 Å². The van der Waals surface area contributed by atoms with Gasteiger partial charge in [-0.05, 0) is 30.5 Å². The van der Waals surface area contributed by atoms with Gasteiger partial charge in [-0.2, -0.15) is 0 Å². The van der Waals surface area contributed by atoms with E-state index >= 15 is 0 Å². The molecule has 1 aromatic carbocycles. The van der Waals surface area contributed by atoms with E-state index in [2.05, 4.69) is 15.5 Å². The van der Waals surface area contributed by atoms with Crippen molar-refractivity contribution in [2.45, 2.75) is 31.8 Å². The summed E-state index contributed by atoms with van der Waals surface area (Å²) in [4.78, 5) is 0. The highest BCUT2D eigenvalue weighted by molar-refractivity contribution is 7.11. The largest absolute Gasteiger partial charge is 0.308 e. The second kappa shape index (κ2) is 5.30. The van der Waals surface area contributed by atoms with Crippen LogP contribution in [0.4, 0.5) is 8.78 Å². The number of hydrogen-bond acceptors (Lipinski definition) is 4. The fraction of sp³-hybridized carbons (Fsp3) is 0.385. The lowest BCUT2D eigenvalue weighted by Gasteiger charge is -1.98. The summed E-state index contributed by atoms with van der Waals surface area (Å²) in [5.41, 5.74) is 0.705. The Kier molecular flexibility index (Phi) is 3.52. The third kappa shape index (κ3) is 3.33. The van der Waals surface area contributed by atoms with Crippen LogP contribution in [-0.2, 0) is 13.0 Å². The molecule has 1 aliphatic carbocycles. The maximum atomic E-state index is 13.1. The molecular weight excluding hydrogens is 268 g/mol. The molecule has 1 aliphatic rings. The van der Waals surface area contributed by atoms with E-state index in [0.717, 1.165) is 22.6 Å². The molecular formula is C13H13F2N3S. The first kappa shape index (κ1) is 12.6. The Morgan fingerprint density at radius 2 is 1.95 bits per heavy atom. The summed E-state index contributed by atoms with van der Waals surface area (Å²) in [5, 5.41) is 13.3. The predicted octanol–water partition coefficient (Wildman–Crippen LogP) is 2.66. The summed E-state index contributed by atoms with van der Waals surface area (Å²) >= 11 is 1.51. The Hall–Kier alpha value is -1.40. The molecule has 3 nitrogen and oxygen atoms in total. The van der Waals surface area contributed by atoms with Crippen molar-refractivity contribution in [1.82, 2.24) is 15.5 Å². The van der Waals surface area contributed by atoms with Crippen molar-refractivity contribution < 1.29 is 8.78 Å². The van der Waals surface area contributed by atoms with Gasteiger partial charge < -0.3 is 5.32 Å². The molecule has 0 spiro atoms. The van der Waals surface area contributed by atoms with Crippen LogP contribution in [0.5, 0.6) is 0 Å². The van der Waals surface area contributed by atoms with E-state index in [1.165, 1.54) is 30.2 Å². The smallest absolute Gasteiger partial charge is 0.159 e.